The average molecular weight is 473 g/mol. The maximum atomic E-state index is 12.8. The predicted octanol–water partition coefficient (Wildman–Crippen LogP) is 2.67. The number of hydrogen-bond acceptors (Lipinski definition) is 5. The zero-order valence-electron chi connectivity index (χ0n) is 19.6. The van der Waals surface area contributed by atoms with Crippen LogP contribution in [0.4, 0.5) is 0 Å². The van der Waals surface area contributed by atoms with Gasteiger partial charge in [-0.05, 0) is 67.0 Å². The quantitative estimate of drug-likeness (QED) is 0.544. The third-order valence-electron chi connectivity index (χ3n) is 6.55. The van der Waals surface area contributed by atoms with Crippen LogP contribution in [-0.4, -0.2) is 78.5 Å². The summed E-state index contributed by atoms with van der Waals surface area (Å²) in [6, 6.07) is 8.24. The van der Waals surface area contributed by atoms with E-state index in [1.807, 2.05) is 12.1 Å². The Morgan fingerprint density at radius 3 is 2.88 bits per heavy atom. The number of aromatic amines is 1. The van der Waals surface area contributed by atoms with Gasteiger partial charge >= 0.3 is 0 Å². The zero-order valence-corrected chi connectivity index (χ0v) is 20.4. The Bertz CT molecular complexity index is 983. The number of aromatic nitrogens is 1. The molecule has 0 spiro atoms. The molecule has 2 aliphatic rings. The highest BCUT2D eigenvalue weighted by Gasteiger charge is 2.19. The Balaban J connectivity index is 1.45. The second-order valence-electron chi connectivity index (χ2n) is 8.95. The van der Waals surface area contributed by atoms with Gasteiger partial charge in [-0.15, -0.1) is 0 Å². The molecule has 2 saturated heterocycles. The molecule has 2 fully saturated rings. The minimum atomic E-state index is -0.0492. The van der Waals surface area contributed by atoms with Crippen molar-refractivity contribution in [1.29, 1.82) is 0 Å². The summed E-state index contributed by atoms with van der Waals surface area (Å²) in [5, 5.41) is 5.15. The third kappa shape index (κ3) is 6.76. The summed E-state index contributed by atoms with van der Waals surface area (Å²) >= 11 is 5.77. The zero-order chi connectivity index (χ0) is 23.0. The molecule has 1 aromatic carbocycles. The van der Waals surface area contributed by atoms with Crippen molar-refractivity contribution in [1.82, 2.24) is 20.1 Å². The fourth-order valence-corrected chi connectivity index (χ4v) is 4.76. The number of nitrogens with one attached hydrogen (secondary N) is 2. The molecule has 0 amide bonds. The summed E-state index contributed by atoms with van der Waals surface area (Å²) in [6.07, 6.45) is 4.34. The van der Waals surface area contributed by atoms with Gasteiger partial charge in [0.25, 0.3) is 5.56 Å². The molecule has 2 aliphatic heterocycles. The first-order valence-corrected chi connectivity index (χ1v) is 12.6. The number of rotatable bonds is 9. The Hall–Kier alpha value is -2.00. The second-order valence-corrected chi connectivity index (χ2v) is 9.34. The van der Waals surface area contributed by atoms with Crippen molar-refractivity contribution in [3.63, 3.8) is 0 Å². The number of H-pyrrole nitrogens is 1. The molecule has 0 unspecified atom stereocenters. The molecule has 8 heteroatoms. The van der Waals surface area contributed by atoms with Crippen molar-refractivity contribution in [3.8, 4) is 0 Å². The van der Waals surface area contributed by atoms with E-state index in [0.29, 0.717) is 18.2 Å². The predicted molar refractivity (Wildman–Crippen MR) is 136 cm³/mol. The summed E-state index contributed by atoms with van der Waals surface area (Å²) in [5.41, 5.74) is 2.82. The molecule has 0 aliphatic carbocycles. The number of aryl methyl sites for hydroxylation is 1. The summed E-state index contributed by atoms with van der Waals surface area (Å²) in [4.78, 5) is 20.5. The van der Waals surface area contributed by atoms with Crippen LogP contribution in [0.5, 0.6) is 0 Å². The molecule has 0 bridgehead atoms. The van der Waals surface area contributed by atoms with Gasteiger partial charge in [0, 0.05) is 50.4 Å². The summed E-state index contributed by atoms with van der Waals surface area (Å²) in [5.74, 6) is 0. The highest BCUT2D eigenvalue weighted by Crippen LogP contribution is 2.16. The lowest BCUT2D eigenvalue weighted by Crippen LogP contribution is -2.44. The summed E-state index contributed by atoms with van der Waals surface area (Å²) in [7, 11) is 0. The van der Waals surface area contributed by atoms with Gasteiger partial charge in [0.05, 0.1) is 25.9 Å². The molecule has 1 atom stereocenters. The summed E-state index contributed by atoms with van der Waals surface area (Å²) < 4.78 is 11.2. The van der Waals surface area contributed by atoms with E-state index in [9.17, 15) is 4.79 Å². The van der Waals surface area contributed by atoms with E-state index in [1.54, 1.807) is 0 Å². The maximum absolute atomic E-state index is 12.8. The minimum absolute atomic E-state index is 0.0492. The number of fused-ring (bicyclic) bond motifs is 1. The SMILES string of the molecule is CCc1ccc2[nH]c(=O)c(CN(CCCN3CCOCC3)C(=S)NC[C@H]3CCCO3)cc2c1. The molecule has 180 valence electrons. The van der Waals surface area contributed by atoms with Crippen LogP contribution in [0.25, 0.3) is 10.9 Å². The van der Waals surface area contributed by atoms with Crippen molar-refractivity contribution >= 4 is 28.2 Å². The maximum Gasteiger partial charge on any atom is 0.253 e. The first kappa shape index (κ1) is 24.1. The minimum Gasteiger partial charge on any atom is -0.379 e. The van der Waals surface area contributed by atoms with Crippen molar-refractivity contribution in [2.24, 2.45) is 0 Å². The van der Waals surface area contributed by atoms with Crippen LogP contribution in [-0.2, 0) is 22.4 Å². The number of ether oxygens (including phenoxy) is 2. The van der Waals surface area contributed by atoms with E-state index in [-0.39, 0.29) is 11.7 Å². The Labute approximate surface area is 201 Å². The van der Waals surface area contributed by atoms with E-state index in [1.165, 1.54) is 5.56 Å². The first-order valence-electron chi connectivity index (χ1n) is 12.2. The topological polar surface area (TPSA) is 69.8 Å². The van der Waals surface area contributed by atoms with E-state index < -0.39 is 0 Å². The van der Waals surface area contributed by atoms with E-state index >= 15 is 0 Å². The molecule has 2 N–H and O–H groups in total. The van der Waals surface area contributed by atoms with Gasteiger partial charge in [-0.25, -0.2) is 0 Å². The van der Waals surface area contributed by atoms with Crippen LogP contribution in [0.15, 0.2) is 29.1 Å². The number of benzene rings is 1. The van der Waals surface area contributed by atoms with Crippen LogP contribution in [0.2, 0.25) is 0 Å². The lowest BCUT2D eigenvalue weighted by atomic mass is 10.1. The Morgan fingerprint density at radius 1 is 1.27 bits per heavy atom. The van der Waals surface area contributed by atoms with Gasteiger partial charge in [-0.3, -0.25) is 9.69 Å². The molecule has 1 aromatic heterocycles. The molecule has 4 rings (SSSR count). The molecule has 2 aromatic rings. The van der Waals surface area contributed by atoms with Crippen molar-refractivity contribution in [2.75, 3.05) is 52.5 Å². The molecule has 7 nitrogen and oxygen atoms in total. The molecule has 0 radical (unpaired) electrons. The van der Waals surface area contributed by atoms with Crippen molar-refractivity contribution < 1.29 is 9.47 Å². The summed E-state index contributed by atoms with van der Waals surface area (Å²) in [6.45, 7) is 9.53. The standard InChI is InChI=1S/C25H36N4O3S/c1-2-19-6-7-23-20(15-19)16-21(24(30)27-23)18-29(9-4-8-28-10-13-31-14-11-28)25(33)26-17-22-5-3-12-32-22/h6-7,15-16,22H,2-5,8-14,17-18H2,1H3,(H,26,33)(H,27,30)/t22-/m1/s1. The highest BCUT2D eigenvalue weighted by molar-refractivity contribution is 7.80. The normalized spacial score (nSPS) is 19.1. The largest absolute Gasteiger partial charge is 0.379 e. The number of pyridine rings is 1. The second kappa shape index (κ2) is 11.9. The molecule has 0 saturated carbocycles. The Kier molecular flexibility index (Phi) is 8.72. The molecular weight excluding hydrogens is 436 g/mol. The highest BCUT2D eigenvalue weighted by atomic mass is 32.1. The van der Waals surface area contributed by atoms with E-state index in [2.05, 4.69) is 39.2 Å². The lowest BCUT2D eigenvalue weighted by Gasteiger charge is -2.30. The molecule has 3 heterocycles. The lowest BCUT2D eigenvalue weighted by molar-refractivity contribution is 0.0367. The fraction of sp³-hybridized carbons (Fsp3) is 0.600. The average Bonchev–Trinajstić information content (AvgIpc) is 3.36. The van der Waals surface area contributed by atoms with Gasteiger partial charge < -0.3 is 24.7 Å². The van der Waals surface area contributed by atoms with Gasteiger partial charge in [-0.1, -0.05) is 13.0 Å². The van der Waals surface area contributed by atoms with Crippen LogP contribution in [0, 0.1) is 0 Å². The van der Waals surface area contributed by atoms with E-state index in [4.69, 9.17) is 21.7 Å². The van der Waals surface area contributed by atoms with Gasteiger partial charge in [0.15, 0.2) is 5.11 Å². The molecular formula is C25H36N4O3S. The van der Waals surface area contributed by atoms with Gasteiger partial charge in [0.2, 0.25) is 0 Å². The smallest absolute Gasteiger partial charge is 0.253 e. The number of nitrogens with zero attached hydrogens (tertiary/aromatic N) is 2. The van der Waals surface area contributed by atoms with Crippen molar-refractivity contribution in [2.45, 2.75) is 45.3 Å². The molecule has 33 heavy (non-hydrogen) atoms. The van der Waals surface area contributed by atoms with Crippen molar-refractivity contribution in [3.05, 3.63) is 45.7 Å². The first-order chi connectivity index (χ1) is 16.1. The van der Waals surface area contributed by atoms with Gasteiger partial charge in [0.1, 0.15) is 0 Å². The number of thiocarbonyl (C=S) groups is 1. The monoisotopic (exact) mass is 472 g/mol. The Morgan fingerprint density at radius 2 is 2.12 bits per heavy atom. The van der Waals surface area contributed by atoms with Crippen LogP contribution in [0.1, 0.15) is 37.3 Å². The number of hydrogen-bond donors (Lipinski definition) is 2. The van der Waals surface area contributed by atoms with Gasteiger partial charge in [-0.2, -0.15) is 0 Å². The fourth-order valence-electron chi connectivity index (χ4n) is 4.52. The van der Waals surface area contributed by atoms with Crippen LogP contribution in [0.3, 0.4) is 0 Å². The van der Waals surface area contributed by atoms with Crippen LogP contribution < -0.4 is 10.9 Å². The van der Waals surface area contributed by atoms with E-state index in [0.717, 1.165) is 88.1 Å². The number of morpholine rings is 1. The van der Waals surface area contributed by atoms with Crippen LogP contribution >= 0.6 is 12.2 Å². The third-order valence-corrected chi connectivity index (χ3v) is 6.96.